The van der Waals surface area contributed by atoms with E-state index in [0.717, 1.165) is 30.5 Å². The van der Waals surface area contributed by atoms with Gasteiger partial charge in [0.2, 0.25) is 0 Å². The van der Waals surface area contributed by atoms with Crippen LogP contribution in [0.1, 0.15) is 13.3 Å². The predicted molar refractivity (Wildman–Crippen MR) is 56.4 cm³/mol. The van der Waals surface area contributed by atoms with Gasteiger partial charge in [0.15, 0.2) is 16.7 Å². The zero-order valence-corrected chi connectivity index (χ0v) is 9.22. The summed E-state index contributed by atoms with van der Waals surface area (Å²) in [7, 11) is 0. The zero-order chi connectivity index (χ0) is 9.97. The topological polar surface area (TPSA) is 43.6 Å². The molecule has 6 heteroatoms. The maximum absolute atomic E-state index is 5.89. The Morgan fingerprint density at radius 1 is 1.50 bits per heavy atom. The van der Waals surface area contributed by atoms with E-state index < -0.39 is 0 Å². The van der Waals surface area contributed by atoms with Crippen LogP contribution in [0.5, 0.6) is 0 Å². The van der Waals surface area contributed by atoms with E-state index in [2.05, 4.69) is 20.7 Å². The molecule has 14 heavy (non-hydrogen) atoms. The smallest absolute Gasteiger partial charge is 0.174 e. The van der Waals surface area contributed by atoms with Crippen LogP contribution < -0.4 is 0 Å². The van der Waals surface area contributed by atoms with Crippen molar-refractivity contribution >= 4 is 23.3 Å². The summed E-state index contributed by atoms with van der Waals surface area (Å²) >= 11 is 6.99. The summed E-state index contributed by atoms with van der Waals surface area (Å²) in [5.74, 6) is 0.797. The first-order valence-electron chi connectivity index (χ1n) is 4.32. The van der Waals surface area contributed by atoms with Crippen molar-refractivity contribution in [2.24, 2.45) is 0 Å². The Hall–Kier alpha value is -0.940. The van der Waals surface area contributed by atoms with E-state index >= 15 is 0 Å². The second-order valence-corrected chi connectivity index (χ2v) is 3.73. The molecule has 0 bridgehead atoms. The molecule has 0 spiro atoms. The quantitative estimate of drug-likeness (QED) is 0.811. The summed E-state index contributed by atoms with van der Waals surface area (Å²) in [6.07, 6.45) is 4.73. The highest BCUT2D eigenvalue weighted by Crippen LogP contribution is 2.23. The second kappa shape index (κ2) is 4.06. The number of aromatic nitrogens is 4. The van der Waals surface area contributed by atoms with Crippen LogP contribution in [-0.4, -0.2) is 18.3 Å². The van der Waals surface area contributed by atoms with Crippen molar-refractivity contribution in [3.8, 4) is 11.5 Å². The van der Waals surface area contributed by atoms with Gasteiger partial charge in [0.05, 0.1) is 11.7 Å². The van der Waals surface area contributed by atoms with Gasteiger partial charge >= 0.3 is 0 Å². The van der Waals surface area contributed by atoms with Crippen molar-refractivity contribution in [2.45, 2.75) is 19.9 Å². The molecule has 0 aliphatic rings. The third-order valence-electron chi connectivity index (χ3n) is 1.84. The molecule has 0 radical (unpaired) electrons. The Kier molecular flexibility index (Phi) is 2.79. The van der Waals surface area contributed by atoms with Crippen LogP contribution in [0.3, 0.4) is 0 Å². The molecule has 74 valence electrons. The van der Waals surface area contributed by atoms with Crippen molar-refractivity contribution in [2.75, 3.05) is 0 Å². The molecule has 0 fully saturated rings. The van der Waals surface area contributed by atoms with Crippen molar-refractivity contribution in [1.82, 2.24) is 18.3 Å². The van der Waals surface area contributed by atoms with Crippen molar-refractivity contribution < 1.29 is 0 Å². The molecule has 2 rings (SSSR count). The summed E-state index contributed by atoms with van der Waals surface area (Å²) < 4.78 is 10.1. The number of nitrogens with zero attached hydrogens (tertiary/aromatic N) is 4. The lowest BCUT2D eigenvalue weighted by Crippen LogP contribution is -1.98. The monoisotopic (exact) mass is 228 g/mol. The van der Waals surface area contributed by atoms with Gasteiger partial charge in [0, 0.05) is 18.9 Å². The van der Waals surface area contributed by atoms with E-state index in [0.29, 0.717) is 10.8 Å². The van der Waals surface area contributed by atoms with Gasteiger partial charge in [0.1, 0.15) is 0 Å². The first-order valence-corrected chi connectivity index (χ1v) is 5.43. The summed E-state index contributed by atoms with van der Waals surface area (Å²) in [5, 5.41) is 0.429. The molecule has 0 N–H and O–H groups in total. The normalized spacial score (nSPS) is 10.7. The van der Waals surface area contributed by atoms with Crippen LogP contribution in [0.4, 0.5) is 0 Å². The minimum Gasteiger partial charge on any atom is -0.330 e. The lowest BCUT2D eigenvalue weighted by Gasteiger charge is -2.02. The highest BCUT2D eigenvalue weighted by Gasteiger charge is 2.13. The Balaban J connectivity index is 2.41. The summed E-state index contributed by atoms with van der Waals surface area (Å²) in [6, 6.07) is 0. The molecule has 0 saturated carbocycles. The molecule has 2 heterocycles. The average Bonchev–Trinajstić information content (AvgIpc) is 2.74. The summed E-state index contributed by atoms with van der Waals surface area (Å²) in [6.45, 7) is 3.04. The van der Waals surface area contributed by atoms with Crippen molar-refractivity contribution in [3.05, 3.63) is 17.5 Å². The number of hydrogen-bond donors (Lipinski definition) is 0. The Bertz CT molecular complexity index is 422. The fraction of sp³-hybridized carbons (Fsp3) is 0.375. The van der Waals surface area contributed by atoms with Gasteiger partial charge in [0.25, 0.3) is 0 Å². The first-order chi connectivity index (χ1) is 6.83. The molecule has 0 saturated heterocycles. The van der Waals surface area contributed by atoms with E-state index in [1.807, 2.05) is 10.8 Å². The number of aryl methyl sites for hydroxylation is 1. The van der Waals surface area contributed by atoms with Gasteiger partial charge in [-0.1, -0.05) is 18.5 Å². The number of halogens is 1. The highest BCUT2D eigenvalue weighted by molar-refractivity contribution is 6.99. The van der Waals surface area contributed by atoms with Crippen LogP contribution in [0.2, 0.25) is 5.15 Å². The third-order valence-corrected chi connectivity index (χ3v) is 2.73. The van der Waals surface area contributed by atoms with E-state index in [-0.39, 0.29) is 0 Å². The van der Waals surface area contributed by atoms with Crippen molar-refractivity contribution in [1.29, 1.82) is 0 Å². The van der Waals surface area contributed by atoms with Crippen LogP contribution in [0.15, 0.2) is 12.4 Å². The summed E-state index contributed by atoms with van der Waals surface area (Å²) in [5.41, 5.74) is 0.676. The van der Waals surface area contributed by atoms with Crippen LogP contribution >= 0.6 is 23.3 Å². The van der Waals surface area contributed by atoms with E-state index in [1.54, 1.807) is 6.20 Å². The Morgan fingerprint density at radius 3 is 3.00 bits per heavy atom. The molecule has 2 aromatic rings. The zero-order valence-electron chi connectivity index (χ0n) is 7.64. The molecule has 0 aromatic carbocycles. The minimum atomic E-state index is 0.429. The molecule has 0 atom stereocenters. The molecular formula is C8H9ClN4S. The number of rotatable bonds is 3. The lowest BCUT2D eigenvalue weighted by atomic mass is 10.4. The number of hydrogen-bond acceptors (Lipinski definition) is 4. The molecule has 0 unspecified atom stereocenters. The molecule has 2 aromatic heterocycles. The van der Waals surface area contributed by atoms with Gasteiger partial charge in [-0.3, -0.25) is 0 Å². The highest BCUT2D eigenvalue weighted by atomic mass is 35.5. The number of imidazole rings is 1. The molecule has 4 nitrogen and oxygen atoms in total. The van der Waals surface area contributed by atoms with Gasteiger partial charge < -0.3 is 4.57 Å². The first kappa shape index (κ1) is 9.61. The predicted octanol–water partition coefficient (Wildman–Crippen LogP) is 2.47. The van der Waals surface area contributed by atoms with Crippen LogP contribution in [0.25, 0.3) is 11.5 Å². The lowest BCUT2D eigenvalue weighted by molar-refractivity contribution is 0.684. The van der Waals surface area contributed by atoms with E-state index in [4.69, 9.17) is 11.6 Å². The Morgan fingerprint density at radius 2 is 2.36 bits per heavy atom. The largest absolute Gasteiger partial charge is 0.330 e. The van der Waals surface area contributed by atoms with Crippen LogP contribution in [-0.2, 0) is 6.54 Å². The average molecular weight is 229 g/mol. The SMILES string of the molecule is CCCn1ccnc1-c1nsnc1Cl. The second-order valence-electron chi connectivity index (χ2n) is 2.85. The standard InChI is InChI=1S/C8H9ClN4S/c1-2-4-13-5-3-10-8(13)6-7(9)12-14-11-6/h3,5H,2,4H2,1H3. The maximum Gasteiger partial charge on any atom is 0.174 e. The Labute approximate surface area is 90.9 Å². The molecular weight excluding hydrogens is 220 g/mol. The van der Waals surface area contributed by atoms with E-state index in [1.165, 1.54) is 0 Å². The fourth-order valence-electron chi connectivity index (χ4n) is 1.26. The van der Waals surface area contributed by atoms with Gasteiger partial charge in [-0.2, -0.15) is 8.75 Å². The van der Waals surface area contributed by atoms with Gasteiger partial charge in [-0.25, -0.2) is 4.98 Å². The van der Waals surface area contributed by atoms with Gasteiger partial charge in [-0.05, 0) is 6.42 Å². The maximum atomic E-state index is 5.89. The molecule has 0 aliphatic carbocycles. The minimum absolute atomic E-state index is 0.429. The molecule has 0 aliphatic heterocycles. The van der Waals surface area contributed by atoms with E-state index in [9.17, 15) is 0 Å². The van der Waals surface area contributed by atoms with Gasteiger partial charge in [-0.15, -0.1) is 0 Å². The third kappa shape index (κ3) is 1.65. The fourth-order valence-corrected chi connectivity index (χ4v) is 1.98. The van der Waals surface area contributed by atoms with Crippen LogP contribution in [0, 0.1) is 0 Å². The summed E-state index contributed by atoms with van der Waals surface area (Å²) in [4.78, 5) is 4.22. The molecule has 0 amide bonds. The van der Waals surface area contributed by atoms with Crippen molar-refractivity contribution in [3.63, 3.8) is 0 Å².